The maximum Gasteiger partial charge on any atom is 0.234 e. The van der Waals surface area contributed by atoms with Crippen molar-refractivity contribution in [3.8, 4) is 10.7 Å². The number of rotatable bonds is 7. The SMILES string of the molecule is C[C@H]([C@H]1C[C@@H]2CC[C@@H]1C2)n1c(SCC(=O)Nc2cc(Cl)c(Cl)cc2Cl)nnc1-c1cccs1. The van der Waals surface area contributed by atoms with Gasteiger partial charge < -0.3 is 5.32 Å². The Morgan fingerprint density at radius 1 is 1.21 bits per heavy atom. The van der Waals surface area contributed by atoms with Crippen molar-refractivity contribution in [1.82, 2.24) is 14.8 Å². The monoisotopic (exact) mass is 540 g/mol. The Morgan fingerprint density at radius 2 is 2.03 bits per heavy atom. The van der Waals surface area contributed by atoms with Crippen LogP contribution in [0, 0.1) is 17.8 Å². The number of benzene rings is 1. The second-order valence-corrected chi connectivity index (χ2v) is 11.9. The second-order valence-electron chi connectivity index (χ2n) is 8.82. The van der Waals surface area contributed by atoms with E-state index >= 15 is 0 Å². The van der Waals surface area contributed by atoms with E-state index in [1.165, 1.54) is 43.5 Å². The molecule has 2 aliphatic rings. The lowest BCUT2D eigenvalue weighted by Gasteiger charge is -2.30. The molecular weight excluding hydrogens is 519 g/mol. The van der Waals surface area contributed by atoms with Gasteiger partial charge in [-0.05, 0) is 67.5 Å². The van der Waals surface area contributed by atoms with E-state index < -0.39 is 0 Å². The van der Waals surface area contributed by atoms with Gasteiger partial charge in [-0.1, -0.05) is 59.1 Å². The molecule has 2 saturated carbocycles. The van der Waals surface area contributed by atoms with Gasteiger partial charge in [-0.2, -0.15) is 0 Å². The van der Waals surface area contributed by atoms with E-state index in [4.69, 9.17) is 34.8 Å². The quantitative estimate of drug-likeness (QED) is 0.246. The molecule has 0 radical (unpaired) electrons. The average molecular weight is 542 g/mol. The van der Waals surface area contributed by atoms with Crippen LogP contribution in [0.4, 0.5) is 5.69 Å². The predicted octanol–water partition coefficient (Wildman–Crippen LogP) is 7.69. The fourth-order valence-corrected chi connectivity index (χ4v) is 7.45. The first kappa shape index (κ1) is 23.5. The third-order valence-electron chi connectivity index (χ3n) is 6.84. The number of amides is 1. The third-order valence-corrected chi connectivity index (χ3v) is 9.69. The van der Waals surface area contributed by atoms with E-state index in [-0.39, 0.29) is 17.7 Å². The number of thioether (sulfide) groups is 1. The summed E-state index contributed by atoms with van der Waals surface area (Å²) < 4.78 is 2.25. The molecule has 0 spiro atoms. The Balaban J connectivity index is 1.35. The lowest BCUT2D eigenvalue weighted by atomic mass is 9.84. The number of anilines is 1. The lowest BCUT2D eigenvalue weighted by Crippen LogP contribution is -2.23. The highest BCUT2D eigenvalue weighted by molar-refractivity contribution is 7.99. The summed E-state index contributed by atoms with van der Waals surface area (Å²) in [5.41, 5.74) is 0.438. The Hall–Kier alpha value is -1.25. The third kappa shape index (κ3) is 4.80. The Morgan fingerprint density at radius 3 is 2.73 bits per heavy atom. The molecule has 174 valence electrons. The lowest BCUT2D eigenvalue weighted by molar-refractivity contribution is -0.113. The van der Waals surface area contributed by atoms with Crippen molar-refractivity contribution in [1.29, 1.82) is 0 Å². The molecule has 0 saturated heterocycles. The highest BCUT2D eigenvalue weighted by atomic mass is 35.5. The minimum Gasteiger partial charge on any atom is -0.324 e. The summed E-state index contributed by atoms with van der Waals surface area (Å²) in [5, 5.41) is 15.7. The number of halogens is 3. The molecule has 10 heteroatoms. The van der Waals surface area contributed by atoms with Crippen molar-refractivity contribution < 1.29 is 4.79 Å². The highest BCUT2D eigenvalue weighted by Crippen LogP contribution is 2.53. The van der Waals surface area contributed by atoms with Crippen molar-refractivity contribution in [2.24, 2.45) is 17.8 Å². The first-order valence-corrected chi connectivity index (χ1v) is 14.0. The van der Waals surface area contributed by atoms with Gasteiger partial charge in [-0.3, -0.25) is 9.36 Å². The molecule has 2 aliphatic carbocycles. The molecule has 2 fully saturated rings. The first-order valence-electron chi connectivity index (χ1n) is 11.0. The number of nitrogens with one attached hydrogen (secondary N) is 1. The van der Waals surface area contributed by atoms with Crippen LogP contribution in [0.1, 0.15) is 38.6 Å². The maximum atomic E-state index is 12.7. The van der Waals surface area contributed by atoms with E-state index in [2.05, 4.69) is 38.5 Å². The van der Waals surface area contributed by atoms with Crippen LogP contribution in [0.2, 0.25) is 15.1 Å². The number of carbonyl (C=O) groups excluding carboxylic acids is 1. The van der Waals surface area contributed by atoms with Gasteiger partial charge in [0, 0.05) is 6.04 Å². The predicted molar refractivity (Wildman–Crippen MR) is 138 cm³/mol. The highest BCUT2D eigenvalue weighted by Gasteiger charge is 2.43. The Labute approximate surface area is 216 Å². The topological polar surface area (TPSA) is 59.8 Å². The molecule has 5 rings (SSSR count). The number of fused-ring (bicyclic) bond motifs is 2. The van der Waals surface area contributed by atoms with Crippen molar-refractivity contribution in [3.05, 3.63) is 44.7 Å². The van der Waals surface area contributed by atoms with E-state index in [9.17, 15) is 4.79 Å². The van der Waals surface area contributed by atoms with Crippen LogP contribution >= 0.6 is 57.9 Å². The van der Waals surface area contributed by atoms with E-state index in [1.807, 2.05) is 6.07 Å². The van der Waals surface area contributed by atoms with E-state index in [1.54, 1.807) is 17.4 Å². The Kier molecular flexibility index (Phi) is 6.96. The first-order chi connectivity index (χ1) is 15.9. The number of hydrogen-bond donors (Lipinski definition) is 1. The summed E-state index contributed by atoms with van der Waals surface area (Å²) in [6.45, 7) is 2.28. The molecule has 0 unspecified atom stereocenters. The minimum absolute atomic E-state index is 0.183. The van der Waals surface area contributed by atoms with Crippen molar-refractivity contribution in [2.75, 3.05) is 11.1 Å². The summed E-state index contributed by atoms with van der Waals surface area (Å²) in [7, 11) is 0. The summed E-state index contributed by atoms with van der Waals surface area (Å²) in [4.78, 5) is 13.8. The zero-order chi connectivity index (χ0) is 23.1. The molecule has 1 amide bonds. The van der Waals surface area contributed by atoms with Gasteiger partial charge in [0.05, 0.1) is 31.4 Å². The molecule has 2 aromatic heterocycles. The molecule has 0 aliphatic heterocycles. The number of aromatic nitrogens is 3. The molecule has 1 aromatic carbocycles. The number of thiophene rings is 1. The fraction of sp³-hybridized carbons (Fsp3) is 0.435. The van der Waals surface area contributed by atoms with Crippen LogP contribution in [0.3, 0.4) is 0 Å². The standard InChI is InChI=1S/C23H23Cl3N4OS2/c1-12(15-8-13-4-5-14(15)7-13)30-22(20-3-2-6-32-20)28-29-23(30)33-11-21(31)27-19-10-17(25)16(24)9-18(19)26/h2-3,6,9-10,12-15H,4-5,7-8,11H2,1H3,(H,27,31)/t12-,13-,14-,15-/m1/s1. The number of carbonyl (C=O) groups is 1. The van der Waals surface area contributed by atoms with Gasteiger partial charge in [0.15, 0.2) is 11.0 Å². The Bertz CT molecular complexity index is 1170. The van der Waals surface area contributed by atoms with Crippen molar-refractivity contribution in [3.63, 3.8) is 0 Å². The van der Waals surface area contributed by atoms with Gasteiger partial charge in [0.25, 0.3) is 0 Å². The molecule has 3 aromatic rings. The fourth-order valence-electron chi connectivity index (χ4n) is 5.33. The van der Waals surface area contributed by atoms with E-state index in [0.29, 0.717) is 26.7 Å². The molecule has 1 N–H and O–H groups in total. The van der Waals surface area contributed by atoms with E-state index in [0.717, 1.165) is 27.7 Å². The van der Waals surface area contributed by atoms with Gasteiger partial charge in [-0.15, -0.1) is 21.5 Å². The smallest absolute Gasteiger partial charge is 0.234 e. The van der Waals surface area contributed by atoms with Crippen LogP contribution in [-0.4, -0.2) is 26.4 Å². The molecular formula is C23H23Cl3N4OS2. The van der Waals surface area contributed by atoms with Gasteiger partial charge >= 0.3 is 0 Å². The van der Waals surface area contributed by atoms with Crippen molar-refractivity contribution in [2.45, 2.75) is 43.8 Å². The number of hydrogen-bond acceptors (Lipinski definition) is 5. The maximum absolute atomic E-state index is 12.7. The van der Waals surface area contributed by atoms with Gasteiger partial charge in [-0.25, -0.2) is 0 Å². The van der Waals surface area contributed by atoms with Gasteiger partial charge in [0.2, 0.25) is 5.91 Å². The minimum atomic E-state index is -0.194. The van der Waals surface area contributed by atoms with Crippen LogP contribution in [0.5, 0.6) is 0 Å². The zero-order valence-corrected chi connectivity index (χ0v) is 21.8. The van der Waals surface area contributed by atoms with Crippen LogP contribution in [0.25, 0.3) is 10.7 Å². The molecule has 33 heavy (non-hydrogen) atoms. The number of nitrogens with zero attached hydrogens (tertiary/aromatic N) is 3. The largest absolute Gasteiger partial charge is 0.324 e. The summed E-state index contributed by atoms with van der Waals surface area (Å²) >= 11 is 21.3. The van der Waals surface area contributed by atoms with Crippen molar-refractivity contribution >= 4 is 69.5 Å². The van der Waals surface area contributed by atoms with Crippen LogP contribution < -0.4 is 5.32 Å². The molecule has 5 nitrogen and oxygen atoms in total. The summed E-state index contributed by atoms with van der Waals surface area (Å²) in [6.07, 6.45) is 5.31. The summed E-state index contributed by atoms with van der Waals surface area (Å²) in [6, 6.07) is 7.47. The molecule has 2 heterocycles. The summed E-state index contributed by atoms with van der Waals surface area (Å²) in [5.74, 6) is 3.14. The van der Waals surface area contributed by atoms with Crippen LogP contribution in [0.15, 0.2) is 34.8 Å². The second kappa shape index (κ2) is 9.78. The van der Waals surface area contributed by atoms with Gasteiger partial charge in [0.1, 0.15) is 0 Å². The normalized spacial score (nSPS) is 22.6. The zero-order valence-electron chi connectivity index (χ0n) is 17.9. The van der Waals surface area contributed by atoms with Crippen LogP contribution in [-0.2, 0) is 4.79 Å². The average Bonchev–Trinajstić information content (AvgIpc) is 3.59. The molecule has 4 atom stereocenters. The molecule has 2 bridgehead atoms.